The Hall–Kier alpha value is -2.05. The van der Waals surface area contributed by atoms with Crippen LogP contribution >= 0.6 is 0 Å². The molecule has 1 aliphatic rings. The smallest absolute Gasteiger partial charge is 0.243 e. The molecule has 0 saturated carbocycles. The lowest BCUT2D eigenvalue weighted by Crippen LogP contribution is -2.27. The van der Waals surface area contributed by atoms with Crippen LogP contribution in [0, 0.1) is 6.92 Å². The molecule has 0 atom stereocenters. The number of hydrogen-bond donors (Lipinski definition) is 0. The van der Waals surface area contributed by atoms with Gasteiger partial charge in [0, 0.05) is 20.0 Å². The van der Waals surface area contributed by atoms with Crippen molar-refractivity contribution in [3.05, 3.63) is 52.6 Å². The monoisotopic (exact) mass is 389 g/mol. The highest BCUT2D eigenvalue weighted by Gasteiger charge is 2.27. The van der Waals surface area contributed by atoms with Gasteiger partial charge in [-0.2, -0.15) is 4.31 Å². The lowest BCUT2D eigenvalue weighted by Gasteiger charge is -2.22. The summed E-state index contributed by atoms with van der Waals surface area (Å²) in [6.45, 7) is 6.85. The van der Waals surface area contributed by atoms with Gasteiger partial charge in [0.05, 0.1) is 18.6 Å². The van der Waals surface area contributed by atoms with E-state index in [0.717, 1.165) is 34.4 Å². The maximum Gasteiger partial charge on any atom is 0.243 e. The minimum Gasteiger partial charge on any atom is -0.496 e. The summed E-state index contributed by atoms with van der Waals surface area (Å²) in [7, 11) is -0.399. The molecule has 0 radical (unpaired) electrons. The number of aryl methyl sites for hydroxylation is 1. The predicted molar refractivity (Wildman–Crippen MR) is 106 cm³/mol. The molecular formula is C21H27NO4S. The fourth-order valence-corrected chi connectivity index (χ4v) is 4.99. The molecule has 0 amide bonds. The third-order valence-corrected chi connectivity index (χ3v) is 6.86. The van der Waals surface area contributed by atoms with Gasteiger partial charge in [-0.1, -0.05) is 26.0 Å². The van der Waals surface area contributed by atoms with Gasteiger partial charge >= 0.3 is 0 Å². The van der Waals surface area contributed by atoms with Gasteiger partial charge < -0.3 is 9.47 Å². The third-order valence-electron chi connectivity index (χ3n) is 5.00. The fraction of sp³-hybridized carbons (Fsp3) is 0.429. The summed E-state index contributed by atoms with van der Waals surface area (Å²) in [5.41, 5.74) is 3.68. The normalized spacial score (nSPS) is 13.7. The van der Waals surface area contributed by atoms with Crippen LogP contribution in [-0.4, -0.2) is 33.5 Å². The molecule has 0 saturated heterocycles. The van der Waals surface area contributed by atoms with E-state index < -0.39 is 10.0 Å². The number of hydrogen-bond acceptors (Lipinski definition) is 4. The lowest BCUT2D eigenvalue weighted by molar-refractivity contribution is 0.356. The second-order valence-electron chi connectivity index (χ2n) is 7.32. The van der Waals surface area contributed by atoms with Crippen LogP contribution < -0.4 is 9.47 Å². The van der Waals surface area contributed by atoms with E-state index in [1.165, 1.54) is 4.31 Å². The Balaban J connectivity index is 1.94. The van der Waals surface area contributed by atoms with Crippen molar-refractivity contribution in [2.75, 3.05) is 20.8 Å². The molecule has 5 nitrogen and oxygen atoms in total. The molecule has 6 heteroatoms. The van der Waals surface area contributed by atoms with Crippen LogP contribution in [0.25, 0.3) is 0 Å². The van der Waals surface area contributed by atoms with Crippen molar-refractivity contribution in [3.63, 3.8) is 0 Å². The van der Waals surface area contributed by atoms with E-state index in [0.29, 0.717) is 23.8 Å². The number of rotatable bonds is 6. The highest BCUT2D eigenvalue weighted by atomic mass is 32.2. The summed E-state index contributed by atoms with van der Waals surface area (Å²) in [6.07, 6.45) is 0.870. The Morgan fingerprint density at radius 3 is 2.63 bits per heavy atom. The molecule has 2 aromatic carbocycles. The molecule has 1 aliphatic heterocycles. The minimum absolute atomic E-state index is 0.0646. The van der Waals surface area contributed by atoms with Crippen LogP contribution in [0.3, 0.4) is 0 Å². The molecule has 2 aromatic rings. The van der Waals surface area contributed by atoms with Gasteiger partial charge in [-0.05, 0) is 53.3 Å². The highest BCUT2D eigenvalue weighted by Crippen LogP contribution is 2.33. The molecule has 0 bridgehead atoms. The first-order valence-electron chi connectivity index (χ1n) is 9.13. The SMILES string of the molecule is COc1cc(C(C)C)c(S(=O)(=O)N(C)Cc2ccc3c(c2)CCO3)cc1C. The highest BCUT2D eigenvalue weighted by molar-refractivity contribution is 7.89. The maximum atomic E-state index is 13.3. The number of sulfonamides is 1. The number of ether oxygens (including phenoxy) is 2. The van der Waals surface area contributed by atoms with E-state index in [1.807, 2.05) is 45.0 Å². The second kappa shape index (κ2) is 7.52. The zero-order chi connectivity index (χ0) is 19.8. The zero-order valence-corrected chi connectivity index (χ0v) is 17.4. The van der Waals surface area contributed by atoms with Crippen molar-refractivity contribution < 1.29 is 17.9 Å². The van der Waals surface area contributed by atoms with E-state index in [-0.39, 0.29) is 5.92 Å². The maximum absolute atomic E-state index is 13.3. The second-order valence-corrected chi connectivity index (χ2v) is 9.33. The van der Waals surface area contributed by atoms with Crippen molar-refractivity contribution in [2.45, 2.75) is 44.6 Å². The Morgan fingerprint density at radius 2 is 1.96 bits per heavy atom. The van der Waals surface area contributed by atoms with Crippen molar-refractivity contribution in [1.82, 2.24) is 4.31 Å². The minimum atomic E-state index is -3.63. The Bertz CT molecular complexity index is 951. The Labute approximate surface area is 162 Å². The molecule has 3 rings (SSSR count). The van der Waals surface area contributed by atoms with Crippen molar-refractivity contribution >= 4 is 10.0 Å². The first-order chi connectivity index (χ1) is 12.7. The van der Waals surface area contributed by atoms with Crippen LogP contribution in [0.5, 0.6) is 11.5 Å². The first kappa shape index (κ1) is 19.7. The molecule has 146 valence electrons. The summed E-state index contributed by atoms with van der Waals surface area (Å²) >= 11 is 0. The summed E-state index contributed by atoms with van der Waals surface area (Å²) in [4.78, 5) is 0.350. The van der Waals surface area contributed by atoms with E-state index >= 15 is 0 Å². The summed E-state index contributed by atoms with van der Waals surface area (Å²) in [5.74, 6) is 1.67. The average molecular weight is 390 g/mol. The van der Waals surface area contributed by atoms with Crippen LogP contribution in [0.15, 0.2) is 35.2 Å². The zero-order valence-electron chi connectivity index (χ0n) is 16.6. The van der Waals surface area contributed by atoms with E-state index in [1.54, 1.807) is 20.2 Å². The van der Waals surface area contributed by atoms with E-state index in [9.17, 15) is 8.42 Å². The van der Waals surface area contributed by atoms with Gasteiger partial charge in [-0.3, -0.25) is 0 Å². The predicted octanol–water partition coefficient (Wildman–Crippen LogP) is 3.88. The molecule has 0 aromatic heterocycles. The molecular weight excluding hydrogens is 362 g/mol. The van der Waals surface area contributed by atoms with Gasteiger partial charge in [-0.25, -0.2) is 8.42 Å². The van der Waals surface area contributed by atoms with Crippen LogP contribution in [0.4, 0.5) is 0 Å². The quantitative estimate of drug-likeness (QED) is 0.752. The molecule has 1 heterocycles. The van der Waals surface area contributed by atoms with Crippen LogP contribution in [0.2, 0.25) is 0 Å². The fourth-order valence-electron chi connectivity index (χ4n) is 3.42. The largest absolute Gasteiger partial charge is 0.496 e. The standard InChI is InChI=1S/C21H27NO4S/c1-14(2)18-12-20(25-5)15(3)10-21(18)27(23,24)22(4)13-16-6-7-19-17(11-16)8-9-26-19/h6-7,10-12,14H,8-9,13H2,1-5H3. The molecule has 0 spiro atoms. The molecule has 0 N–H and O–H groups in total. The Kier molecular flexibility index (Phi) is 5.49. The van der Waals surface area contributed by atoms with Crippen molar-refractivity contribution in [2.24, 2.45) is 0 Å². The van der Waals surface area contributed by atoms with Crippen LogP contribution in [0.1, 0.15) is 42.0 Å². The number of methoxy groups -OCH3 is 1. The topological polar surface area (TPSA) is 55.8 Å². The van der Waals surface area contributed by atoms with E-state index in [4.69, 9.17) is 9.47 Å². The van der Waals surface area contributed by atoms with Gasteiger partial charge in [0.2, 0.25) is 10.0 Å². The number of nitrogens with zero attached hydrogens (tertiary/aromatic N) is 1. The molecule has 0 fully saturated rings. The van der Waals surface area contributed by atoms with Gasteiger partial charge in [0.1, 0.15) is 11.5 Å². The van der Waals surface area contributed by atoms with Gasteiger partial charge in [0.15, 0.2) is 0 Å². The molecule has 27 heavy (non-hydrogen) atoms. The van der Waals surface area contributed by atoms with Crippen molar-refractivity contribution in [1.29, 1.82) is 0 Å². The number of fused-ring (bicyclic) bond motifs is 1. The summed E-state index contributed by atoms with van der Waals surface area (Å²) < 4.78 is 38.9. The summed E-state index contributed by atoms with van der Waals surface area (Å²) in [5, 5.41) is 0. The van der Waals surface area contributed by atoms with Gasteiger partial charge in [-0.15, -0.1) is 0 Å². The third kappa shape index (κ3) is 3.82. The lowest BCUT2D eigenvalue weighted by atomic mass is 10.0. The first-order valence-corrected chi connectivity index (χ1v) is 10.6. The average Bonchev–Trinajstić information content (AvgIpc) is 3.08. The molecule has 0 unspecified atom stereocenters. The number of benzene rings is 2. The van der Waals surface area contributed by atoms with Crippen molar-refractivity contribution in [3.8, 4) is 11.5 Å². The van der Waals surface area contributed by atoms with E-state index in [2.05, 4.69) is 0 Å². The molecule has 0 aliphatic carbocycles. The van der Waals surface area contributed by atoms with Gasteiger partial charge in [0.25, 0.3) is 0 Å². The summed E-state index contributed by atoms with van der Waals surface area (Å²) in [6, 6.07) is 9.45. The Morgan fingerprint density at radius 1 is 1.22 bits per heavy atom. The van der Waals surface area contributed by atoms with Crippen LogP contribution in [-0.2, 0) is 23.0 Å².